The van der Waals surface area contributed by atoms with Gasteiger partial charge in [0, 0.05) is 10.5 Å². The largest absolute Gasteiger partial charge is 0.490 e. The summed E-state index contributed by atoms with van der Waals surface area (Å²) in [4.78, 5) is 11.7. The summed E-state index contributed by atoms with van der Waals surface area (Å²) < 4.78 is 35.0. The summed E-state index contributed by atoms with van der Waals surface area (Å²) in [5.74, 6) is 2.31. The van der Waals surface area contributed by atoms with Gasteiger partial charge in [0.25, 0.3) is 0 Å². The second-order valence-corrected chi connectivity index (χ2v) is 10.5. The first kappa shape index (κ1) is 33.6. The number of aliphatic hydroxyl groups excluding tert-OH is 1. The minimum atomic E-state index is -1.35. The van der Waals surface area contributed by atoms with Gasteiger partial charge in [0.05, 0.1) is 45.3 Å². The van der Waals surface area contributed by atoms with Gasteiger partial charge in [-0.1, -0.05) is 38.8 Å². The molecule has 4 unspecified atom stereocenters. The summed E-state index contributed by atoms with van der Waals surface area (Å²) in [5, 5.41) is 34.4. The number of hydrogen-bond donors (Lipinski definition) is 1. The van der Waals surface area contributed by atoms with Crippen molar-refractivity contribution in [3.8, 4) is 40.6 Å². The molecule has 1 aliphatic rings. The maximum absolute atomic E-state index is 12.2. The molecule has 0 aliphatic carbocycles. The molecule has 11 heteroatoms. The fraction of sp³-hybridized carbons (Fsp3) is 0.594. The van der Waals surface area contributed by atoms with Gasteiger partial charge in [0.2, 0.25) is 17.5 Å². The molecule has 0 bridgehead atoms. The first-order chi connectivity index (χ1) is 20.7. The number of rotatable bonds is 17. The quantitative estimate of drug-likeness (QED) is 0.177. The molecule has 0 fully saturated rings. The zero-order valence-electron chi connectivity index (χ0n) is 26.0. The van der Waals surface area contributed by atoms with Gasteiger partial charge >= 0.3 is 0 Å². The molecule has 0 saturated heterocycles. The van der Waals surface area contributed by atoms with Crippen LogP contribution in [0, 0.1) is 27.4 Å². The van der Waals surface area contributed by atoms with Crippen LogP contribution in [-0.4, -0.2) is 62.3 Å². The van der Waals surface area contributed by atoms with Gasteiger partial charge in [-0.2, -0.15) is 5.26 Å². The summed E-state index contributed by atoms with van der Waals surface area (Å²) in [5.41, 5.74) is -0.651. The van der Waals surface area contributed by atoms with Crippen LogP contribution in [0.4, 0.5) is 0 Å². The number of aliphatic hydroxyl groups is 1. The monoisotopic (exact) mass is 600 g/mol. The molecule has 0 saturated carbocycles. The summed E-state index contributed by atoms with van der Waals surface area (Å²) in [6, 6.07) is 10.1. The van der Waals surface area contributed by atoms with Gasteiger partial charge in [-0.3, -0.25) is 10.1 Å². The predicted molar refractivity (Wildman–Crippen MR) is 160 cm³/mol. The molecule has 4 atom stereocenters. The highest BCUT2D eigenvalue weighted by Gasteiger charge is 2.45. The Morgan fingerprint density at radius 2 is 1.72 bits per heavy atom. The van der Waals surface area contributed by atoms with E-state index in [2.05, 4.69) is 6.07 Å². The lowest BCUT2D eigenvalue weighted by molar-refractivity contribution is -0.537. The van der Waals surface area contributed by atoms with E-state index >= 15 is 0 Å². The predicted octanol–water partition coefficient (Wildman–Crippen LogP) is 5.72. The molecule has 2 aromatic rings. The van der Waals surface area contributed by atoms with Crippen molar-refractivity contribution in [1.29, 1.82) is 5.26 Å². The molecule has 1 aliphatic heterocycles. The normalized spacial score (nSPS) is 16.9. The van der Waals surface area contributed by atoms with Crippen LogP contribution < -0.4 is 28.4 Å². The Balaban J connectivity index is 2.01. The second kappa shape index (κ2) is 15.5. The number of para-hydroxylation sites is 2. The smallest absolute Gasteiger partial charge is 0.242 e. The standard InChI is InChI=1S/C32H44N2O9/c1-7-21(8-2)32(20-33,23-18-28(40-9-3)30(38-5)31(39-6)29(23)41-10-4)16-15-25(35)24(34(36)37)17-22-19-42-26-13-11-12-14-27(26)43-22/h11-14,18,21-22,24-25,35H,7-10,15-17,19H2,1-6H3. The lowest BCUT2D eigenvalue weighted by Crippen LogP contribution is -2.43. The van der Waals surface area contributed by atoms with Crippen molar-refractivity contribution >= 4 is 0 Å². The van der Waals surface area contributed by atoms with Gasteiger partial charge in [-0.25, -0.2) is 0 Å². The highest BCUT2D eigenvalue weighted by molar-refractivity contribution is 5.65. The number of nitro groups is 1. The van der Waals surface area contributed by atoms with Crippen LogP contribution in [0.1, 0.15) is 65.4 Å². The third kappa shape index (κ3) is 7.19. The zero-order chi connectivity index (χ0) is 31.6. The molecule has 11 nitrogen and oxygen atoms in total. The van der Waals surface area contributed by atoms with Crippen molar-refractivity contribution < 1.29 is 38.5 Å². The van der Waals surface area contributed by atoms with E-state index in [1.54, 1.807) is 24.3 Å². The van der Waals surface area contributed by atoms with Crippen LogP contribution in [0.3, 0.4) is 0 Å². The summed E-state index contributed by atoms with van der Waals surface area (Å²) >= 11 is 0. The van der Waals surface area contributed by atoms with Crippen molar-refractivity contribution in [3.63, 3.8) is 0 Å². The van der Waals surface area contributed by atoms with E-state index in [1.165, 1.54) is 14.2 Å². The van der Waals surface area contributed by atoms with Crippen molar-refractivity contribution in [2.45, 2.75) is 83.5 Å². The molecule has 0 radical (unpaired) electrons. The molecule has 236 valence electrons. The zero-order valence-corrected chi connectivity index (χ0v) is 26.0. The van der Waals surface area contributed by atoms with E-state index in [0.717, 1.165) is 0 Å². The van der Waals surface area contributed by atoms with Crippen molar-refractivity contribution in [2.75, 3.05) is 34.0 Å². The van der Waals surface area contributed by atoms with Gasteiger partial charge in [0.15, 0.2) is 23.0 Å². The molecule has 1 heterocycles. The van der Waals surface area contributed by atoms with E-state index in [-0.39, 0.29) is 31.8 Å². The fourth-order valence-electron chi connectivity index (χ4n) is 6.01. The maximum Gasteiger partial charge on any atom is 0.242 e. The molecular weight excluding hydrogens is 556 g/mol. The molecule has 1 N–H and O–H groups in total. The van der Waals surface area contributed by atoms with Crippen LogP contribution in [0.5, 0.6) is 34.5 Å². The number of nitriles is 1. The van der Waals surface area contributed by atoms with Crippen LogP contribution in [0.2, 0.25) is 0 Å². The molecule has 43 heavy (non-hydrogen) atoms. The maximum atomic E-state index is 12.2. The van der Waals surface area contributed by atoms with E-state index < -0.39 is 28.6 Å². The Kier molecular flexibility index (Phi) is 12.1. The molecule has 0 amide bonds. The topological polar surface area (TPSA) is 143 Å². The van der Waals surface area contributed by atoms with E-state index in [4.69, 9.17) is 28.4 Å². The molecular formula is C32H44N2O9. The third-order valence-electron chi connectivity index (χ3n) is 8.14. The average molecular weight is 601 g/mol. The van der Waals surface area contributed by atoms with Crippen LogP contribution in [0.25, 0.3) is 0 Å². The Labute approximate surface area is 253 Å². The fourth-order valence-corrected chi connectivity index (χ4v) is 6.01. The summed E-state index contributed by atoms with van der Waals surface area (Å²) in [6.07, 6.45) is -0.590. The Morgan fingerprint density at radius 1 is 1.07 bits per heavy atom. The number of nitrogens with zero attached hydrogens (tertiary/aromatic N) is 2. The molecule has 3 rings (SSSR count). The molecule has 2 aromatic carbocycles. The highest BCUT2D eigenvalue weighted by Crippen LogP contribution is 2.54. The van der Waals surface area contributed by atoms with Crippen molar-refractivity contribution in [1.82, 2.24) is 0 Å². The highest BCUT2D eigenvalue weighted by atomic mass is 16.6. The van der Waals surface area contributed by atoms with E-state index in [0.29, 0.717) is 66.1 Å². The van der Waals surface area contributed by atoms with Crippen molar-refractivity contribution in [2.24, 2.45) is 5.92 Å². The summed E-state index contributed by atoms with van der Waals surface area (Å²) in [6.45, 7) is 8.44. The van der Waals surface area contributed by atoms with Gasteiger partial charge in [-0.05, 0) is 50.8 Å². The Morgan fingerprint density at radius 3 is 2.28 bits per heavy atom. The van der Waals surface area contributed by atoms with Crippen LogP contribution in [0.15, 0.2) is 30.3 Å². The number of benzene rings is 2. The lowest BCUT2D eigenvalue weighted by atomic mass is 9.65. The minimum Gasteiger partial charge on any atom is -0.490 e. The SMILES string of the molecule is CCOc1cc(C(C#N)(CCC(O)C(CC2COc3ccccc3O2)[N+](=O)[O-])C(CC)CC)c(OCC)c(OC)c1OC. The van der Waals surface area contributed by atoms with Crippen molar-refractivity contribution in [3.05, 3.63) is 46.0 Å². The van der Waals surface area contributed by atoms with E-state index in [9.17, 15) is 20.5 Å². The van der Waals surface area contributed by atoms with Gasteiger partial charge in [-0.15, -0.1) is 0 Å². The number of fused-ring (bicyclic) bond motifs is 1. The average Bonchev–Trinajstić information content (AvgIpc) is 3.02. The van der Waals surface area contributed by atoms with E-state index in [1.807, 2.05) is 33.8 Å². The lowest BCUT2D eigenvalue weighted by Gasteiger charge is -2.37. The van der Waals surface area contributed by atoms with Gasteiger partial charge < -0.3 is 33.5 Å². The molecule has 0 aromatic heterocycles. The second-order valence-electron chi connectivity index (χ2n) is 10.5. The number of ether oxygens (including phenoxy) is 6. The third-order valence-corrected chi connectivity index (χ3v) is 8.14. The first-order valence-corrected chi connectivity index (χ1v) is 14.9. The summed E-state index contributed by atoms with van der Waals surface area (Å²) in [7, 11) is 2.99. The van der Waals surface area contributed by atoms with Crippen LogP contribution >= 0.6 is 0 Å². The number of methoxy groups -OCH3 is 2. The van der Waals surface area contributed by atoms with Crippen LogP contribution in [-0.2, 0) is 5.41 Å². The minimum absolute atomic E-state index is 0.0102. The molecule has 0 spiro atoms. The Bertz CT molecular complexity index is 1260. The van der Waals surface area contributed by atoms with Gasteiger partial charge in [0.1, 0.15) is 18.8 Å². The first-order valence-electron chi connectivity index (χ1n) is 14.9. The Hall–Kier alpha value is -3.91. The number of hydrogen-bond acceptors (Lipinski definition) is 10.